The van der Waals surface area contributed by atoms with Gasteiger partial charge in [-0.1, -0.05) is 12.2 Å². The average Bonchev–Trinajstić information content (AvgIpc) is 2.41. The fourth-order valence-electron chi connectivity index (χ4n) is 2.25. The van der Waals surface area contributed by atoms with Gasteiger partial charge in [0.25, 0.3) is 0 Å². The van der Waals surface area contributed by atoms with E-state index in [1.807, 2.05) is 0 Å². The first-order valence-corrected chi connectivity index (χ1v) is 6.41. The number of hydrogen-bond acceptors (Lipinski definition) is 3. The van der Waals surface area contributed by atoms with Gasteiger partial charge in [-0.15, -0.1) is 0 Å². The Balaban J connectivity index is 2.41. The average molecular weight is 294 g/mol. The van der Waals surface area contributed by atoms with Gasteiger partial charge in [0.1, 0.15) is 23.5 Å². The second kappa shape index (κ2) is 5.51. The molecule has 1 aromatic carbocycles. The van der Waals surface area contributed by atoms with Crippen LogP contribution in [0.15, 0.2) is 12.1 Å². The molecule has 0 bridgehead atoms. The van der Waals surface area contributed by atoms with E-state index < -0.39 is 17.6 Å². The number of anilines is 1. The first-order chi connectivity index (χ1) is 9.45. The monoisotopic (exact) mass is 294 g/mol. The van der Waals surface area contributed by atoms with Crippen molar-refractivity contribution in [3.8, 4) is 6.07 Å². The molecule has 20 heavy (non-hydrogen) atoms. The molecule has 0 saturated carbocycles. The fourth-order valence-corrected chi connectivity index (χ4v) is 2.48. The molecule has 1 heterocycles. The van der Waals surface area contributed by atoms with Crippen molar-refractivity contribution in [3.63, 3.8) is 0 Å². The molecule has 1 atom stereocenters. The van der Waals surface area contributed by atoms with Crippen molar-refractivity contribution >= 4 is 28.7 Å². The lowest BCUT2D eigenvalue weighted by Crippen LogP contribution is -2.45. The normalized spacial score (nSPS) is 18.8. The highest BCUT2D eigenvalue weighted by Crippen LogP contribution is 2.29. The van der Waals surface area contributed by atoms with Crippen LogP contribution in [-0.4, -0.2) is 17.4 Å². The number of benzene rings is 1. The highest BCUT2D eigenvalue weighted by Gasteiger charge is 2.30. The molecule has 0 amide bonds. The van der Waals surface area contributed by atoms with Gasteiger partial charge in [-0.3, -0.25) is 5.41 Å². The Labute approximate surface area is 120 Å². The topological polar surface area (TPSA) is 76.9 Å². The Morgan fingerprint density at radius 1 is 1.45 bits per heavy atom. The fraction of sp³-hybridized carbons (Fsp3) is 0.308. The summed E-state index contributed by atoms with van der Waals surface area (Å²) in [5.74, 6) is -1.92. The summed E-state index contributed by atoms with van der Waals surface area (Å²) >= 11 is 4.89. The Bertz CT molecular complexity index is 624. The summed E-state index contributed by atoms with van der Waals surface area (Å²) in [4.78, 5) is 1.53. The molecular weight excluding hydrogens is 282 g/mol. The summed E-state index contributed by atoms with van der Waals surface area (Å²) in [6, 6.07) is 3.35. The van der Waals surface area contributed by atoms with E-state index in [9.17, 15) is 8.78 Å². The zero-order chi connectivity index (χ0) is 14.9. The van der Waals surface area contributed by atoms with Crippen LogP contribution in [0.4, 0.5) is 14.5 Å². The van der Waals surface area contributed by atoms with E-state index in [0.29, 0.717) is 19.4 Å². The minimum Gasteiger partial charge on any atom is -0.393 e. The SMILES string of the molecule is N#Cc1cc(F)c(N2CCCC(C(N)=S)C2=N)cc1F. The number of nitrogens with zero attached hydrogens (tertiary/aromatic N) is 2. The van der Waals surface area contributed by atoms with Gasteiger partial charge in [0.05, 0.1) is 22.2 Å². The summed E-state index contributed by atoms with van der Waals surface area (Å²) < 4.78 is 27.6. The number of nitrogens with one attached hydrogen (secondary N) is 1. The van der Waals surface area contributed by atoms with Crippen molar-refractivity contribution in [1.82, 2.24) is 0 Å². The Morgan fingerprint density at radius 2 is 2.15 bits per heavy atom. The second-order valence-corrected chi connectivity index (χ2v) is 5.00. The maximum absolute atomic E-state index is 14.0. The zero-order valence-electron chi connectivity index (χ0n) is 10.5. The van der Waals surface area contributed by atoms with E-state index in [2.05, 4.69) is 0 Å². The minimum absolute atomic E-state index is 0.0618. The molecule has 0 spiro atoms. The summed E-state index contributed by atoms with van der Waals surface area (Å²) in [7, 11) is 0. The van der Waals surface area contributed by atoms with Gasteiger partial charge in [-0.05, 0) is 18.9 Å². The van der Waals surface area contributed by atoms with Crippen molar-refractivity contribution < 1.29 is 8.78 Å². The third-order valence-corrected chi connectivity index (χ3v) is 3.57. The Hall–Kier alpha value is -2.07. The lowest BCUT2D eigenvalue weighted by molar-refractivity contribution is 0.585. The van der Waals surface area contributed by atoms with E-state index in [4.69, 9.17) is 28.6 Å². The van der Waals surface area contributed by atoms with Crippen LogP contribution in [0.25, 0.3) is 0 Å². The summed E-state index contributed by atoms with van der Waals surface area (Å²) in [5, 5.41) is 16.7. The van der Waals surface area contributed by atoms with Gasteiger partial charge in [0.15, 0.2) is 0 Å². The Kier molecular flexibility index (Phi) is 3.95. The Morgan fingerprint density at radius 3 is 2.75 bits per heavy atom. The summed E-state index contributed by atoms with van der Waals surface area (Å²) in [6.45, 7) is 0.389. The number of piperidine rings is 1. The molecule has 4 nitrogen and oxygen atoms in total. The van der Waals surface area contributed by atoms with E-state index in [-0.39, 0.29) is 22.1 Å². The van der Waals surface area contributed by atoms with Crippen molar-refractivity contribution in [2.75, 3.05) is 11.4 Å². The smallest absolute Gasteiger partial charge is 0.148 e. The quantitative estimate of drug-likeness (QED) is 0.821. The first kappa shape index (κ1) is 14.3. The molecule has 2 rings (SSSR count). The number of rotatable bonds is 2. The minimum atomic E-state index is -0.811. The number of hydrogen-bond donors (Lipinski definition) is 2. The van der Waals surface area contributed by atoms with E-state index in [1.165, 1.54) is 4.90 Å². The van der Waals surface area contributed by atoms with Crippen LogP contribution in [-0.2, 0) is 0 Å². The van der Waals surface area contributed by atoms with Gasteiger partial charge in [0, 0.05) is 12.6 Å². The molecule has 1 aromatic rings. The summed E-state index contributed by atoms with van der Waals surface area (Å²) in [5.41, 5.74) is 5.14. The van der Waals surface area contributed by atoms with Crippen LogP contribution >= 0.6 is 12.2 Å². The van der Waals surface area contributed by atoms with E-state index in [1.54, 1.807) is 6.07 Å². The zero-order valence-corrected chi connectivity index (χ0v) is 11.3. The predicted molar refractivity (Wildman–Crippen MR) is 75.7 cm³/mol. The number of halogens is 2. The van der Waals surface area contributed by atoms with Gasteiger partial charge < -0.3 is 10.6 Å². The third-order valence-electron chi connectivity index (χ3n) is 3.29. The largest absolute Gasteiger partial charge is 0.393 e. The molecule has 0 radical (unpaired) electrons. The molecule has 3 N–H and O–H groups in total. The summed E-state index contributed by atoms with van der Waals surface area (Å²) in [6.07, 6.45) is 1.30. The maximum Gasteiger partial charge on any atom is 0.148 e. The molecule has 0 aromatic heterocycles. The van der Waals surface area contributed by atoms with Crippen LogP contribution in [0.3, 0.4) is 0 Å². The third kappa shape index (κ3) is 2.47. The van der Waals surface area contributed by atoms with Crippen LogP contribution in [0.1, 0.15) is 18.4 Å². The lowest BCUT2D eigenvalue weighted by atomic mass is 9.95. The molecule has 1 unspecified atom stereocenters. The van der Waals surface area contributed by atoms with Gasteiger partial charge in [-0.2, -0.15) is 5.26 Å². The molecule has 1 saturated heterocycles. The van der Waals surface area contributed by atoms with Gasteiger partial charge >= 0.3 is 0 Å². The standard InChI is InChI=1S/C13H12F2N4S/c14-9-5-11(10(15)4-7(9)6-16)19-3-1-2-8(12(19)17)13(18)20/h4-5,8,17H,1-3H2,(H2,18,20). The molecule has 104 valence electrons. The van der Waals surface area contributed by atoms with Gasteiger partial charge in [0.2, 0.25) is 0 Å². The highest BCUT2D eigenvalue weighted by atomic mass is 32.1. The molecular formula is C13H12F2N4S. The predicted octanol–water partition coefficient (Wildman–Crippen LogP) is 2.32. The van der Waals surface area contributed by atoms with E-state index in [0.717, 1.165) is 12.1 Å². The molecule has 7 heteroatoms. The second-order valence-electron chi connectivity index (χ2n) is 4.53. The lowest BCUT2D eigenvalue weighted by Gasteiger charge is -2.34. The van der Waals surface area contributed by atoms with Crippen molar-refractivity contribution in [2.24, 2.45) is 11.7 Å². The van der Waals surface area contributed by atoms with Crippen molar-refractivity contribution in [1.29, 1.82) is 10.7 Å². The first-order valence-electron chi connectivity index (χ1n) is 6.00. The maximum atomic E-state index is 14.0. The molecule has 0 aliphatic carbocycles. The van der Waals surface area contributed by atoms with Crippen LogP contribution < -0.4 is 10.6 Å². The molecule has 1 aliphatic heterocycles. The van der Waals surface area contributed by atoms with Crippen LogP contribution in [0, 0.1) is 34.3 Å². The van der Waals surface area contributed by atoms with Crippen molar-refractivity contribution in [2.45, 2.75) is 12.8 Å². The number of amidine groups is 1. The van der Waals surface area contributed by atoms with Crippen LogP contribution in [0.2, 0.25) is 0 Å². The molecule has 1 aliphatic rings. The number of nitriles is 1. The van der Waals surface area contributed by atoms with E-state index >= 15 is 0 Å². The van der Waals surface area contributed by atoms with Crippen molar-refractivity contribution in [3.05, 3.63) is 29.3 Å². The number of nitrogens with two attached hydrogens (primary N) is 1. The van der Waals surface area contributed by atoms with Crippen LogP contribution in [0.5, 0.6) is 0 Å². The number of thiocarbonyl (C=S) groups is 1. The van der Waals surface area contributed by atoms with Gasteiger partial charge in [-0.25, -0.2) is 8.78 Å². The molecule has 1 fully saturated rings. The highest BCUT2D eigenvalue weighted by molar-refractivity contribution is 7.80.